The molecule has 0 unspecified atom stereocenters. The Bertz CT molecular complexity index is 168. The summed E-state index contributed by atoms with van der Waals surface area (Å²) in [4.78, 5) is 0. The van der Waals surface area contributed by atoms with Crippen molar-refractivity contribution in [3.8, 4) is 0 Å². The summed E-state index contributed by atoms with van der Waals surface area (Å²) < 4.78 is 0. The van der Waals surface area contributed by atoms with Crippen molar-refractivity contribution in [2.24, 2.45) is 11.8 Å². The zero-order valence-electron chi connectivity index (χ0n) is 9.38. The maximum absolute atomic E-state index is 2.53. The van der Waals surface area contributed by atoms with Crippen LogP contribution in [0.15, 0.2) is 12.2 Å². The summed E-state index contributed by atoms with van der Waals surface area (Å²) in [5.41, 5.74) is 0. The van der Waals surface area contributed by atoms with E-state index in [9.17, 15) is 0 Å². The molecule has 0 aromatic heterocycles. The fourth-order valence-corrected chi connectivity index (χ4v) is 3.04. The van der Waals surface area contributed by atoms with Gasteiger partial charge in [0.25, 0.3) is 0 Å². The van der Waals surface area contributed by atoms with Gasteiger partial charge in [-0.05, 0) is 31.1 Å². The SMILES string of the molecule is C(=CC1CCCCC1)CC1CCCC1. The first-order chi connectivity index (χ1) is 6.95. The van der Waals surface area contributed by atoms with Crippen molar-refractivity contribution in [2.75, 3.05) is 0 Å². The molecule has 0 aromatic rings. The van der Waals surface area contributed by atoms with Gasteiger partial charge in [0.1, 0.15) is 0 Å². The van der Waals surface area contributed by atoms with E-state index in [1.807, 2.05) is 0 Å². The summed E-state index contributed by atoms with van der Waals surface area (Å²) in [5.74, 6) is 1.97. The van der Waals surface area contributed by atoms with E-state index < -0.39 is 0 Å². The van der Waals surface area contributed by atoms with Crippen LogP contribution in [0.3, 0.4) is 0 Å². The molecule has 0 heteroatoms. The zero-order valence-corrected chi connectivity index (χ0v) is 9.38. The molecule has 2 aliphatic carbocycles. The molecule has 0 bridgehead atoms. The number of rotatable bonds is 3. The molecule has 0 spiro atoms. The second-order valence-corrected chi connectivity index (χ2v) is 5.21. The molecule has 0 nitrogen and oxygen atoms in total. The molecule has 0 N–H and O–H groups in total. The molecule has 2 rings (SSSR count). The highest BCUT2D eigenvalue weighted by atomic mass is 14.2. The molecular formula is C14H24. The number of hydrogen-bond donors (Lipinski definition) is 0. The first kappa shape index (κ1) is 10.3. The van der Waals surface area contributed by atoms with Crippen LogP contribution in [0.2, 0.25) is 0 Å². The van der Waals surface area contributed by atoms with Gasteiger partial charge in [-0.3, -0.25) is 0 Å². The van der Waals surface area contributed by atoms with Crippen molar-refractivity contribution >= 4 is 0 Å². The quantitative estimate of drug-likeness (QED) is 0.568. The first-order valence-corrected chi connectivity index (χ1v) is 6.62. The molecule has 2 aliphatic rings. The lowest BCUT2D eigenvalue weighted by Gasteiger charge is -2.17. The lowest BCUT2D eigenvalue weighted by atomic mass is 9.88. The van der Waals surface area contributed by atoms with E-state index in [4.69, 9.17) is 0 Å². The second-order valence-electron chi connectivity index (χ2n) is 5.21. The van der Waals surface area contributed by atoms with Gasteiger partial charge in [-0.15, -0.1) is 0 Å². The van der Waals surface area contributed by atoms with Gasteiger partial charge in [-0.25, -0.2) is 0 Å². The van der Waals surface area contributed by atoms with E-state index in [0.717, 1.165) is 11.8 Å². The van der Waals surface area contributed by atoms with E-state index in [2.05, 4.69) is 12.2 Å². The molecule has 0 aromatic carbocycles. The fourth-order valence-electron chi connectivity index (χ4n) is 3.04. The van der Waals surface area contributed by atoms with Crippen LogP contribution in [0.1, 0.15) is 64.2 Å². The van der Waals surface area contributed by atoms with Crippen LogP contribution in [0.5, 0.6) is 0 Å². The molecule has 0 radical (unpaired) electrons. The van der Waals surface area contributed by atoms with Crippen molar-refractivity contribution in [1.29, 1.82) is 0 Å². The summed E-state index contributed by atoms with van der Waals surface area (Å²) in [6.07, 6.45) is 19.7. The minimum Gasteiger partial charge on any atom is -0.0880 e. The Hall–Kier alpha value is -0.260. The third-order valence-electron chi connectivity index (χ3n) is 4.00. The van der Waals surface area contributed by atoms with Gasteiger partial charge < -0.3 is 0 Å². The van der Waals surface area contributed by atoms with Crippen molar-refractivity contribution in [3.05, 3.63) is 12.2 Å². The summed E-state index contributed by atoms with van der Waals surface area (Å²) in [6, 6.07) is 0. The van der Waals surface area contributed by atoms with Gasteiger partial charge in [0.15, 0.2) is 0 Å². The summed E-state index contributed by atoms with van der Waals surface area (Å²) in [7, 11) is 0. The lowest BCUT2D eigenvalue weighted by molar-refractivity contribution is 0.417. The highest BCUT2D eigenvalue weighted by molar-refractivity contribution is 4.91. The molecule has 0 heterocycles. The van der Waals surface area contributed by atoms with Crippen molar-refractivity contribution in [2.45, 2.75) is 64.2 Å². The Morgan fingerprint density at radius 1 is 0.786 bits per heavy atom. The first-order valence-electron chi connectivity index (χ1n) is 6.62. The van der Waals surface area contributed by atoms with Crippen molar-refractivity contribution in [3.63, 3.8) is 0 Å². The molecule has 80 valence electrons. The Morgan fingerprint density at radius 3 is 2.14 bits per heavy atom. The normalized spacial score (nSPS) is 26.3. The fraction of sp³-hybridized carbons (Fsp3) is 0.857. The largest absolute Gasteiger partial charge is 0.0880 e. The van der Waals surface area contributed by atoms with Crippen LogP contribution < -0.4 is 0 Å². The molecule has 2 saturated carbocycles. The Kier molecular flexibility index (Phi) is 4.09. The maximum atomic E-state index is 2.53. The van der Waals surface area contributed by atoms with Crippen LogP contribution >= 0.6 is 0 Å². The van der Waals surface area contributed by atoms with Crippen molar-refractivity contribution < 1.29 is 0 Å². The predicted octanol–water partition coefficient (Wildman–Crippen LogP) is 4.70. The number of allylic oxidation sites excluding steroid dienone is 2. The highest BCUT2D eigenvalue weighted by Crippen LogP contribution is 2.29. The second kappa shape index (κ2) is 5.58. The van der Waals surface area contributed by atoms with E-state index in [1.165, 1.54) is 64.2 Å². The van der Waals surface area contributed by atoms with Crippen LogP contribution in [0, 0.1) is 11.8 Å². The van der Waals surface area contributed by atoms with E-state index >= 15 is 0 Å². The van der Waals surface area contributed by atoms with Gasteiger partial charge in [0, 0.05) is 0 Å². The minimum absolute atomic E-state index is 0.935. The third kappa shape index (κ3) is 3.15. The summed E-state index contributed by atoms with van der Waals surface area (Å²) in [6.45, 7) is 0. The van der Waals surface area contributed by atoms with Crippen LogP contribution in [-0.4, -0.2) is 0 Å². The highest BCUT2D eigenvalue weighted by Gasteiger charge is 2.13. The van der Waals surface area contributed by atoms with Gasteiger partial charge in [0.05, 0.1) is 0 Å². The average molecular weight is 192 g/mol. The maximum Gasteiger partial charge on any atom is -0.0234 e. The molecular weight excluding hydrogens is 168 g/mol. The molecule has 0 saturated heterocycles. The average Bonchev–Trinajstić information content (AvgIpc) is 2.72. The summed E-state index contributed by atoms with van der Waals surface area (Å²) in [5, 5.41) is 0. The van der Waals surface area contributed by atoms with Crippen LogP contribution in [-0.2, 0) is 0 Å². The van der Waals surface area contributed by atoms with Gasteiger partial charge in [-0.2, -0.15) is 0 Å². The third-order valence-corrected chi connectivity index (χ3v) is 4.00. The molecule has 14 heavy (non-hydrogen) atoms. The number of hydrogen-bond acceptors (Lipinski definition) is 0. The van der Waals surface area contributed by atoms with Crippen LogP contribution in [0.4, 0.5) is 0 Å². The smallest absolute Gasteiger partial charge is 0.0234 e. The molecule has 0 atom stereocenters. The van der Waals surface area contributed by atoms with E-state index in [-0.39, 0.29) is 0 Å². The van der Waals surface area contributed by atoms with Crippen molar-refractivity contribution in [1.82, 2.24) is 0 Å². The lowest BCUT2D eigenvalue weighted by Crippen LogP contribution is -2.02. The van der Waals surface area contributed by atoms with E-state index in [0.29, 0.717) is 0 Å². The van der Waals surface area contributed by atoms with Gasteiger partial charge in [-0.1, -0.05) is 57.1 Å². The standard InChI is InChI=1S/C14H24/c1-2-7-13(8-3-1)11-6-12-14-9-4-5-10-14/h6,11,13-14H,1-5,7-10,12H2. The Labute approximate surface area is 88.8 Å². The molecule has 0 amide bonds. The Balaban J connectivity index is 1.65. The van der Waals surface area contributed by atoms with Crippen LogP contribution in [0.25, 0.3) is 0 Å². The van der Waals surface area contributed by atoms with E-state index in [1.54, 1.807) is 0 Å². The zero-order chi connectivity index (χ0) is 9.64. The van der Waals surface area contributed by atoms with Gasteiger partial charge in [0.2, 0.25) is 0 Å². The summed E-state index contributed by atoms with van der Waals surface area (Å²) >= 11 is 0. The monoisotopic (exact) mass is 192 g/mol. The topological polar surface area (TPSA) is 0 Å². The Morgan fingerprint density at radius 2 is 1.43 bits per heavy atom. The molecule has 2 fully saturated rings. The molecule has 0 aliphatic heterocycles. The predicted molar refractivity (Wildman–Crippen MR) is 62.3 cm³/mol. The van der Waals surface area contributed by atoms with Gasteiger partial charge >= 0.3 is 0 Å². The minimum atomic E-state index is 0.935.